The molecule has 1 aliphatic heterocycles. The Morgan fingerprint density at radius 2 is 2.15 bits per heavy atom. The van der Waals surface area contributed by atoms with Gasteiger partial charge in [0.05, 0.1) is 6.54 Å². The van der Waals surface area contributed by atoms with E-state index in [1.54, 1.807) is 0 Å². The molecular formula is C14H18N6. The fourth-order valence-electron chi connectivity index (χ4n) is 2.64. The smallest absolute Gasteiger partial charge is 0.136 e. The van der Waals surface area contributed by atoms with Gasteiger partial charge in [-0.1, -0.05) is 0 Å². The molecule has 1 saturated carbocycles. The van der Waals surface area contributed by atoms with Gasteiger partial charge in [0.1, 0.15) is 23.3 Å². The largest absolute Gasteiger partial charge is 0.373 e. The fraction of sp³-hybridized carbons (Fsp3) is 0.500. The maximum Gasteiger partial charge on any atom is 0.136 e. The van der Waals surface area contributed by atoms with E-state index in [-0.39, 0.29) is 0 Å². The Hall–Kier alpha value is -2.11. The number of hydrogen-bond donors (Lipinski definition) is 1. The van der Waals surface area contributed by atoms with Crippen LogP contribution in [0.2, 0.25) is 0 Å². The molecule has 0 bridgehead atoms. The zero-order valence-corrected chi connectivity index (χ0v) is 11.6. The van der Waals surface area contributed by atoms with Gasteiger partial charge in [-0.15, -0.1) is 0 Å². The Morgan fingerprint density at radius 3 is 2.95 bits per heavy atom. The molecule has 6 heteroatoms. The average molecular weight is 270 g/mol. The third-order valence-electron chi connectivity index (χ3n) is 4.00. The zero-order chi connectivity index (χ0) is 13.5. The minimum atomic E-state index is 0.564. The average Bonchev–Trinajstić information content (AvgIpc) is 3.24. The molecule has 6 nitrogen and oxygen atoms in total. The first-order chi connectivity index (χ1) is 9.83. The summed E-state index contributed by atoms with van der Waals surface area (Å²) in [6, 6.07) is 2.03. The monoisotopic (exact) mass is 270 g/mol. The van der Waals surface area contributed by atoms with Crippen molar-refractivity contribution in [2.45, 2.75) is 31.8 Å². The molecule has 0 aromatic carbocycles. The highest BCUT2D eigenvalue weighted by Crippen LogP contribution is 2.39. The van der Waals surface area contributed by atoms with Crippen molar-refractivity contribution in [2.24, 2.45) is 0 Å². The third kappa shape index (κ3) is 2.01. The van der Waals surface area contributed by atoms with Gasteiger partial charge in [-0.3, -0.25) is 0 Å². The molecule has 1 N–H and O–H groups in total. The molecule has 0 atom stereocenters. The van der Waals surface area contributed by atoms with Crippen LogP contribution in [0.3, 0.4) is 0 Å². The van der Waals surface area contributed by atoms with Crippen LogP contribution in [0.25, 0.3) is 0 Å². The lowest BCUT2D eigenvalue weighted by Gasteiger charge is -2.29. The van der Waals surface area contributed by atoms with Crippen LogP contribution >= 0.6 is 0 Å². The molecule has 4 rings (SSSR count). The molecule has 2 aliphatic rings. The predicted molar refractivity (Wildman–Crippen MR) is 76.8 cm³/mol. The number of nitrogens with zero attached hydrogens (tertiary/aromatic N) is 5. The Morgan fingerprint density at radius 1 is 1.25 bits per heavy atom. The van der Waals surface area contributed by atoms with E-state index < -0.39 is 0 Å². The highest BCUT2D eigenvalue weighted by molar-refractivity contribution is 5.50. The first-order valence-corrected chi connectivity index (χ1v) is 7.15. The van der Waals surface area contributed by atoms with Crippen molar-refractivity contribution in [2.75, 3.05) is 23.8 Å². The van der Waals surface area contributed by atoms with E-state index in [1.165, 1.54) is 12.8 Å². The van der Waals surface area contributed by atoms with Crippen molar-refractivity contribution in [3.8, 4) is 0 Å². The van der Waals surface area contributed by atoms with Crippen LogP contribution in [-0.4, -0.2) is 33.1 Å². The van der Waals surface area contributed by atoms with E-state index in [2.05, 4.69) is 24.8 Å². The van der Waals surface area contributed by atoms with E-state index >= 15 is 0 Å². The van der Waals surface area contributed by atoms with Crippen molar-refractivity contribution in [1.82, 2.24) is 19.5 Å². The first kappa shape index (κ1) is 11.7. The summed E-state index contributed by atoms with van der Waals surface area (Å²) in [5, 5.41) is 3.15. The quantitative estimate of drug-likeness (QED) is 0.918. The summed E-state index contributed by atoms with van der Waals surface area (Å²) in [5.74, 6) is 4.58. The van der Waals surface area contributed by atoms with Gasteiger partial charge in [0.2, 0.25) is 0 Å². The minimum Gasteiger partial charge on any atom is -0.373 e. The molecule has 2 aromatic heterocycles. The Bertz CT molecular complexity index is 630. The fourth-order valence-corrected chi connectivity index (χ4v) is 2.64. The summed E-state index contributed by atoms with van der Waals surface area (Å²) in [6.45, 7) is 2.75. The van der Waals surface area contributed by atoms with Gasteiger partial charge in [0.25, 0.3) is 0 Å². The van der Waals surface area contributed by atoms with E-state index in [0.29, 0.717) is 5.92 Å². The van der Waals surface area contributed by atoms with Gasteiger partial charge in [-0.2, -0.15) is 0 Å². The van der Waals surface area contributed by atoms with Crippen molar-refractivity contribution < 1.29 is 0 Å². The van der Waals surface area contributed by atoms with Crippen molar-refractivity contribution in [3.63, 3.8) is 0 Å². The molecule has 0 unspecified atom stereocenters. The number of imidazole rings is 1. The molecule has 1 aliphatic carbocycles. The maximum absolute atomic E-state index is 4.76. The Labute approximate surface area is 117 Å². The molecule has 20 heavy (non-hydrogen) atoms. The SMILES string of the molecule is CNc1cc(N2CCn3ccnc3C2)nc(C2CC2)n1. The molecule has 0 amide bonds. The highest BCUT2D eigenvalue weighted by Gasteiger charge is 2.28. The molecular weight excluding hydrogens is 252 g/mol. The van der Waals surface area contributed by atoms with Crippen molar-refractivity contribution in [1.29, 1.82) is 0 Å². The van der Waals surface area contributed by atoms with Crippen LogP contribution in [0.15, 0.2) is 18.5 Å². The lowest BCUT2D eigenvalue weighted by atomic mass is 10.3. The summed E-state index contributed by atoms with van der Waals surface area (Å²) < 4.78 is 2.21. The Balaban J connectivity index is 1.66. The minimum absolute atomic E-state index is 0.564. The van der Waals surface area contributed by atoms with E-state index in [1.807, 2.05) is 25.5 Å². The number of aromatic nitrogens is 4. The van der Waals surface area contributed by atoms with Crippen LogP contribution in [0.4, 0.5) is 11.6 Å². The molecule has 0 saturated heterocycles. The third-order valence-corrected chi connectivity index (χ3v) is 4.00. The lowest BCUT2D eigenvalue weighted by molar-refractivity contribution is 0.555. The van der Waals surface area contributed by atoms with Gasteiger partial charge >= 0.3 is 0 Å². The van der Waals surface area contributed by atoms with Crippen LogP contribution in [0.5, 0.6) is 0 Å². The molecule has 2 aromatic rings. The number of fused-ring (bicyclic) bond motifs is 1. The van der Waals surface area contributed by atoms with Gasteiger partial charge in [-0.25, -0.2) is 15.0 Å². The van der Waals surface area contributed by atoms with Gasteiger partial charge in [0, 0.05) is 44.5 Å². The van der Waals surface area contributed by atoms with E-state index in [9.17, 15) is 0 Å². The second kappa shape index (κ2) is 4.47. The van der Waals surface area contributed by atoms with Crippen LogP contribution in [0, 0.1) is 0 Å². The first-order valence-electron chi connectivity index (χ1n) is 7.15. The normalized spacial score (nSPS) is 17.9. The number of rotatable bonds is 3. The van der Waals surface area contributed by atoms with Crippen LogP contribution in [-0.2, 0) is 13.1 Å². The summed E-state index contributed by atoms with van der Waals surface area (Å²) >= 11 is 0. The zero-order valence-electron chi connectivity index (χ0n) is 11.6. The summed E-state index contributed by atoms with van der Waals surface area (Å²) in [7, 11) is 1.91. The van der Waals surface area contributed by atoms with Crippen molar-refractivity contribution >= 4 is 11.6 Å². The second-order valence-corrected chi connectivity index (χ2v) is 5.45. The van der Waals surface area contributed by atoms with Gasteiger partial charge in [-0.05, 0) is 12.8 Å². The molecule has 3 heterocycles. The van der Waals surface area contributed by atoms with Gasteiger partial charge in [0.15, 0.2) is 0 Å². The highest BCUT2D eigenvalue weighted by atomic mass is 15.3. The molecule has 1 fully saturated rings. The van der Waals surface area contributed by atoms with Crippen LogP contribution < -0.4 is 10.2 Å². The van der Waals surface area contributed by atoms with E-state index in [4.69, 9.17) is 4.98 Å². The topological polar surface area (TPSA) is 58.9 Å². The number of anilines is 2. The number of nitrogens with one attached hydrogen (secondary N) is 1. The molecule has 104 valence electrons. The standard InChI is InChI=1S/C14H18N6/c1-15-11-8-12(18-14(17-11)10-2-3-10)20-7-6-19-5-4-16-13(19)9-20/h4-5,8,10H,2-3,6-7,9H2,1H3,(H,15,17,18). The van der Waals surface area contributed by atoms with E-state index in [0.717, 1.165) is 42.9 Å². The van der Waals surface area contributed by atoms with Crippen LogP contribution in [0.1, 0.15) is 30.4 Å². The van der Waals surface area contributed by atoms with Gasteiger partial charge < -0.3 is 14.8 Å². The molecule has 0 radical (unpaired) electrons. The second-order valence-electron chi connectivity index (χ2n) is 5.45. The number of hydrogen-bond acceptors (Lipinski definition) is 5. The van der Waals surface area contributed by atoms with Crippen molar-refractivity contribution in [3.05, 3.63) is 30.1 Å². The molecule has 0 spiro atoms. The Kier molecular flexibility index (Phi) is 2.61. The maximum atomic E-state index is 4.76. The lowest BCUT2D eigenvalue weighted by Crippen LogP contribution is -2.34. The summed E-state index contributed by atoms with van der Waals surface area (Å²) in [6.07, 6.45) is 6.35. The predicted octanol–water partition coefficient (Wildman–Crippen LogP) is 1.61. The summed E-state index contributed by atoms with van der Waals surface area (Å²) in [4.78, 5) is 16.0. The summed E-state index contributed by atoms with van der Waals surface area (Å²) in [5.41, 5.74) is 0.